The van der Waals surface area contributed by atoms with Gasteiger partial charge in [-0.15, -0.1) is 0 Å². The molecular formula is C31H48N2O4Si. The molecule has 3 rings (SSSR count). The highest BCUT2D eigenvalue weighted by molar-refractivity contribution is 6.72. The van der Waals surface area contributed by atoms with Crippen molar-refractivity contribution in [3.63, 3.8) is 0 Å². The first-order valence-corrected chi connectivity index (χ1v) is 17.1. The molecule has 7 heteroatoms. The molecule has 0 bridgehead atoms. The summed E-state index contributed by atoms with van der Waals surface area (Å²) in [5, 5.41) is 26.3. The van der Waals surface area contributed by atoms with Crippen LogP contribution in [-0.2, 0) is 24.2 Å². The smallest absolute Gasteiger partial charge is 0.224 e. The van der Waals surface area contributed by atoms with Crippen molar-refractivity contribution in [3.05, 3.63) is 64.7 Å². The molecule has 0 aliphatic heterocycles. The molecular weight excluding hydrogens is 492 g/mol. The standard InChI is InChI=1S/C31H48N2O4Si/c1-22(14-24-10-7-11-25(15-24)16-30(36)33-19-23-8-6-9-23)32-20-28(18-31(2,3)38(4,5)37)26-12-13-29(35)27(17-26)21-34/h7,10-13,15,17,22-23,28,32,34-35,37H,6,8-9,14,16,18-21H2,1-5H3,(H,33,36)/t22-,28+/m1/s1. The molecule has 0 spiro atoms. The first-order valence-electron chi connectivity index (χ1n) is 14.1. The van der Waals surface area contributed by atoms with E-state index in [1.54, 1.807) is 6.07 Å². The van der Waals surface area contributed by atoms with Crippen LogP contribution in [0.15, 0.2) is 42.5 Å². The summed E-state index contributed by atoms with van der Waals surface area (Å²) in [6.45, 7) is 11.7. The number of carbonyl (C=O) groups is 1. The minimum absolute atomic E-state index is 0.0946. The minimum Gasteiger partial charge on any atom is -0.508 e. The van der Waals surface area contributed by atoms with Crippen molar-refractivity contribution in [3.8, 4) is 5.75 Å². The van der Waals surface area contributed by atoms with Crippen molar-refractivity contribution < 1.29 is 19.8 Å². The maximum Gasteiger partial charge on any atom is 0.224 e. The molecule has 1 aliphatic rings. The molecule has 2 aromatic carbocycles. The summed E-state index contributed by atoms with van der Waals surface area (Å²) >= 11 is 0. The van der Waals surface area contributed by atoms with Gasteiger partial charge in [-0.2, -0.15) is 0 Å². The highest BCUT2D eigenvalue weighted by Gasteiger charge is 2.40. The number of nitrogens with one attached hydrogen (secondary N) is 2. The second kappa shape index (κ2) is 13.2. The number of aromatic hydroxyl groups is 1. The van der Waals surface area contributed by atoms with E-state index in [0.717, 1.165) is 30.5 Å². The fourth-order valence-electron chi connectivity index (χ4n) is 5.00. The highest BCUT2D eigenvalue weighted by Crippen LogP contribution is 2.44. The summed E-state index contributed by atoms with van der Waals surface area (Å²) in [4.78, 5) is 23.3. The van der Waals surface area contributed by atoms with Gasteiger partial charge >= 0.3 is 0 Å². The van der Waals surface area contributed by atoms with Crippen molar-refractivity contribution >= 4 is 14.2 Å². The summed E-state index contributed by atoms with van der Waals surface area (Å²) < 4.78 is 0. The van der Waals surface area contributed by atoms with Gasteiger partial charge in [-0.3, -0.25) is 4.79 Å². The zero-order chi connectivity index (χ0) is 27.9. The van der Waals surface area contributed by atoms with Crippen LogP contribution < -0.4 is 10.6 Å². The Labute approximate surface area is 230 Å². The number of phenols is 1. The fraction of sp³-hybridized carbons (Fsp3) is 0.581. The lowest BCUT2D eigenvalue weighted by atomic mass is 9.85. The van der Waals surface area contributed by atoms with Crippen molar-refractivity contribution in [1.82, 2.24) is 10.6 Å². The van der Waals surface area contributed by atoms with Gasteiger partial charge in [-0.05, 0) is 91.4 Å². The molecule has 2 aromatic rings. The molecule has 5 N–H and O–H groups in total. The van der Waals surface area contributed by atoms with Crippen LogP contribution in [0.25, 0.3) is 0 Å². The average molecular weight is 541 g/mol. The molecule has 6 nitrogen and oxygen atoms in total. The SMILES string of the molecule is C[C@H](Cc1cccc(CC(=O)NCC2CCC2)c1)NC[C@H](CC(C)(C)[Si](C)(C)O)c1ccc(O)c(CO)c1. The minimum atomic E-state index is -2.42. The average Bonchev–Trinajstić information content (AvgIpc) is 2.80. The van der Waals surface area contributed by atoms with Crippen LogP contribution >= 0.6 is 0 Å². The zero-order valence-electron chi connectivity index (χ0n) is 23.9. The van der Waals surface area contributed by atoms with Gasteiger partial charge in [0.05, 0.1) is 13.0 Å². The third kappa shape index (κ3) is 8.66. The summed E-state index contributed by atoms with van der Waals surface area (Å²) in [6, 6.07) is 14.0. The van der Waals surface area contributed by atoms with E-state index < -0.39 is 8.32 Å². The number of hydrogen-bond acceptors (Lipinski definition) is 5. The molecule has 1 amide bonds. The second-order valence-electron chi connectivity index (χ2n) is 12.5. The monoisotopic (exact) mass is 540 g/mol. The molecule has 1 saturated carbocycles. The fourth-order valence-corrected chi connectivity index (χ4v) is 5.74. The molecule has 0 saturated heterocycles. The number of benzene rings is 2. The lowest BCUT2D eigenvalue weighted by Crippen LogP contribution is -2.41. The van der Waals surface area contributed by atoms with Crippen LogP contribution in [0.1, 0.15) is 74.6 Å². The topological polar surface area (TPSA) is 102 Å². The van der Waals surface area contributed by atoms with E-state index in [4.69, 9.17) is 0 Å². The summed E-state index contributed by atoms with van der Waals surface area (Å²) in [5.41, 5.74) is 3.80. The Balaban J connectivity index is 1.62. The highest BCUT2D eigenvalue weighted by atomic mass is 28.4. The van der Waals surface area contributed by atoms with E-state index in [9.17, 15) is 19.8 Å². The normalized spacial score (nSPS) is 16.1. The first kappa shape index (κ1) is 30.3. The van der Waals surface area contributed by atoms with Gasteiger partial charge in [0.2, 0.25) is 5.91 Å². The van der Waals surface area contributed by atoms with Crippen molar-refractivity contribution in [1.29, 1.82) is 0 Å². The number of aliphatic hydroxyl groups is 1. The number of carbonyl (C=O) groups excluding carboxylic acids is 1. The predicted octanol–water partition coefficient (Wildman–Crippen LogP) is 5.02. The Morgan fingerprint density at radius 1 is 1.13 bits per heavy atom. The molecule has 0 radical (unpaired) electrons. The van der Waals surface area contributed by atoms with Crippen LogP contribution in [0.5, 0.6) is 5.75 Å². The van der Waals surface area contributed by atoms with Gasteiger partial charge in [-0.1, -0.05) is 50.6 Å². The Bertz CT molecular complexity index is 1060. The molecule has 210 valence electrons. The summed E-state index contributed by atoms with van der Waals surface area (Å²) in [7, 11) is -2.42. The third-order valence-electron chi connectivity index (χ3n) is 8.58. The van der Waals surface area contributed by atoms with Crippen LogP contribution in [-0.4, -0.2) is 48.4 Å². The molecule has 38 heavy (non-hydrogen) atoms. The lowest BCUT2D eigenvalue weighted by molar-refractivity contribution is -0.120. The van der Waals surface area contributed by atoms with Crippen LogP contribution in [0.4, 0.5) is 0 Å². The Kier molecular flexibility index (Phi) is 10.6. The van der Waals surface area contributed by atoms with Crippen LogP contribution in [0.3, 0.4) is 0 Å². The Morgan fingerprint density at radius 2 is 1.84 bits per heavy atom. The van der Waals surface area contributed by atoms with E-state index in [2.05, 4.69) is 43.5 Å². The summed E-state index contributed by atoms with van der Waals surface area (Å²) in [5.74, 6) is 0.971. The molecule has 0 heterocycles. The third-order valence-corrected chi connectivity index (χ3v) is 12.1. The largest absolute Gasteiger partial charge is 0.508 e. The maximum absolute atomic E-state index is 12.4. The van der Waals surface area contributed by atoms with E-state index in [1.165, 1.54) is 24.8 Å². The molecule has 1 fully saturated rings. The zero-order valence-corrected chi connectivity index (χ0v) is 24.9. The van der Waals surface area contributed by atoms with Gasteiger partial charge in [0.15, 0.2) is 8.32 Å². The van der Waals surface area contributed by atoms with Gasteiger partial charge in [0.25, 0.3) is 0 Å². The van der Waals surface area contributed by atoms with Gasteiger partial charge in [0, 0.05) is 24.7 Å². The second-order valence-corrected chi connectivity index (χ2v) is 17.0. The van der Waals surface area contributed by atoms with Crippen molar-refractivity contribution in [2.45, 2.75) is 96.0 Å². The molecule has 0 unspecified atom stereocenters. The molecule has 2 atom stereocenters. The van der Waals surface area contributed by atoms with E-state index in [0.29, 0.717) is 24.4 Å². The predicted molar refractivity (Wildman–Crippen MR) is 157 cm³/mol. The Morgan fingerprint density at radius 3 is 2.47 bits per heavy atom. The maximum atomic E-state index is 12.4. The van der Waals surface area contributed by atoms with Crippen LogP contribution in [0.2, 0.25) is 18.1 Å². The van der Waals surface area contributed by atoms with E-state index in [1.807, 2.05) is 37.4 Å². The first-order chi connectivity index (χ1) is 17.9. The number of hydrogen-bond donors (Lipinski definition) is 5. The van der Waals surface area contributed by atoms with Crippen molar-refractivity contribution in [2.75, 3.05) is 13.1 Å². The summed E-state index contributed by atoms with van der Waals surface area (Å²) in [6.07, 6.45) is 5.79. The quantitative estimate of drug-likeness (QED) is 0.217. The van der Waals surface area contributed by atoms with Gasteiger partial charge in [-0.25, -0.2) is 0 Å². The number of amides is 1. The van der Waals surface area contributed by atoms with Gasteiger partial charge in [0.1, 0.15) is 5.75 Å². The number of rotatable bonds is 14. The van der Waals surface area contributed by atoms with Gasteiger partial charge < -0.3 is 25.6 Å². The molecule has 0 aromatic heterocycles. The Hall–Kier alpha value is -2.19. The van der Waals surface area contributed by atoms with E-state index in [-0.39, 0.29) is 35.3 Å². The van der Waals surface area contributed by atoms with E-state index >= 15 is 0 Å². The van der Waals surface area contributed by atoms with Crippen LogP contribution in [0, 0.1) is 5.92 Å². The lowest BCUT2D eigenvalue weighted by Gasteiger charge is -2.38. The molecule has 1 aliphatic carbocycles. The van der Waals surface area contributed by atoms with Crippen molar-refractivity contribution in [2.24, 2.45) is 5.92 Å². The number of aliphatic hydroxyl groups excluding tert-OH is 1.